The Balaban J connectivity index is 2.57. The van der Waals surface area contributed by atoms with Gasteiger partial charge in [0.15, 0.2) is 0 Å². The van der Waals surface area contributed by atoms with Gasteiger partial charge in [0.05, 0.1) is 12.6 Å². The maximum absolute atomic E-state index is 12.0. The summed E-state index contributed by atoms with van der Waals surface area (Å²) in [5, 5.41) is 14.8. The van der Waals surface area contributed by atoms with Gasteiger partial charge in [-0.3, -0.25) is 0 Å². The van der Waals surface area contributed by atoms with Crippen LogP contribution in [-0.2, 0) is 9.53 Å². The van der Waals surface area contributed by atoms with Crippen molar-refractivity contribution in [1.29, 1.82) is 0 Å². The fraction of sp³-hybridized carbons (Fsp3) is 0.857. The number of carboxylic acids is 1. The Hall–Kier alpha value is -1.30. The molecule has 0 aromatic carbocycles. The Kier molecular flexibility index (Phi) is 6.26. The summed E-state index contributed by atoms with van der Waals surface area (Å²) < 4.78 is 5.22. The Bertz CT molecular complexity index is 348. The van der Waals surface area contributed by atoms with Crippen molar-refractivity contribution < 1.29 is 19.4 Å². The van der Waals surface area contributed by atoms with Gasteiger partial charge in [-0.25, -0.2) is 9.59 Å². The molecule has 0 aliphatic heterocycles. The minimum Gasteiger partial charge on any atom is -0.480 e. The van der Waals surface area contributed by atoms with Crippen molar-refractivity contribution in [3.8, 4) is 0 Å². The van der Waals surface area contributed by atoms with E-state index in [9.17, 15) is 14.7 Å². The molecule has 1 saturated carbocycles. The molecule has 3 N–H and O–H groups in total. The smallest absolute Gasteiger partial charge is 0.329 e. The third-order valence-corrected chi connectivity index (χ3v) is 3.71. The van der Waals surface area contributed by atoms with E-state index >= 15 is 0 Å². The van der Waals surface area contributed by atoms with Gasteiger partial charge in [0.1, 0.15) is 5.54 Å². The molecule has 116 valence electrons. The van der Waals surface area contributed by atoms with Gasteiger partial charge in [-0.2, -0.15) is 0 Å². The number of hydrogen-bond donors (Lipinski definition) is 3. The van der Waals surface area contributed by atoms with E-state index in [2.05, 4.69) is 10.6 Å². The number of carbonyl (C=O) groups excluding carboxylic acids is 1. The standard InChI is InChI=1S/C14H26N2O4/c1-4-20-9-11(3)15-13(19)16-14(12(17)18)7-5-6-10(2)8-14/h10-11H,4-9H2,1-3H3,(H,17,18)(H2,15,16,19). The van der Waals surface area contributed by atoms with Crippen LogP contribution in [0.4, 0.5) is 4.79 Å². The van der Waals surface area contributed by atoms with Crippen molar-refractivity contribution in [2.75, 3.05) is 13.2 Å². The molecule has 0 aromatic heterocycles. The number of amides is 2. The molecule has 0 bridgehead atoms. The van der Waals surface area contributed by atoms with Crippen molar-refractivity contribution in [3.63, 3.8) is 0 Å². The lowest BCUT2D eigenvalue weighted by Crippen LogP contribution is -2.60. The van der Waals surface area contributed by atoms with Crippen LogP contribution in [-0.4, -0.2) is 41.9 Å². The highest BCUT2D eigenvalue weighted by molar-refractivity contribution is 5.86. The molecule has 20 heavy (non-hydrogen) atoms. The average Bonchev–Trinajstić information content (AvgIpc) is 2.35. The molecule has 1 fully saturated rings. The van der Waals surface area contributed by atoms with E-state index < -0.39 is 17.5 Å². The van der Waals surface area contributed by atoms with E-state index in [0.29, 0.717) is 32.0 Å². The Morgan fingerprint density at radius 3 is 2.75 bits per heavy atom. The van der Waals surface area contributed by atoms with Crippen LogP contribution in [0.15, 0.2) is 0 Å². The lowest BCUT2D eigenvalue weighted by atomic mass is 9.76. The highest BCUT2D eigenvalue weighted by Gasteiger charge is 2.43. The fourth-order valence-electron chi connectivity index (χ4n) is 2.73. The average molecular weight is 286 g/mol. The molecule has 0 saturated heterocycles. The molecule has 2 amide bonds. The molecule has 6 heteroatoms. The molecule has 0 heterocycles. The van der Waals surface area contributed by atoms with E-state index in [4.69, 9.17) is 4.74 Å². The van der Waals surface area contributed by atoms with Crippen LogP contribution in [0.25, 0.3) is 0 Å². The molecule has 0 aromatic rings. The molecular weight excluding hydrogens is 260 g/mol. The van der Waals surface area contributed by atoms with E-state index in [-0.39, 0.29) is 6.04 Å². The number of rotatable bonds is 6. The molecule has 6 nitrogen and oxygen atoms in total. The summed E-state index contributed by atoms with van der Waals surface area (Å²) in [6.07, 6.45) is 2.80. The number of hydrogen-bond acceptors (Lipinski definition) is 3. The number of urea groups is 1. The van der Waals surface area contributed by atoms with Crippen molar-refractivity contribution >= 4 is 12.0 Å². The lowest BCUT2D eigenvalue weighted by molar-refractivity contribution is -0.146. The third kappa shape index (κ3) is 4.67. The molecular formula is C14H26N2O4. The summed E-state index contributed by atoms with van der Waals surface area (Å²) >= 11 is 0. The second-order valence-electron chi connectivity index (χ2n) is 5.75. The van der Waals surface area contributed by atoms with Crippen molar-refractivity contribution in [3.05, 3.63) is 0 Å². The van der Waals surface area contributed by atoms with Crippen LogP contribution in [0, 0.1) is 5.92 Å². The normalized spacial score (nSPS) is 27.6. The minimum absolute atomic E-state index is 0.151. The number of nitrogens with one attached hydrogen (secondary N) is 2. The zero-order valence-corrected chi connectivity index (χ0v) is 12.6. The summed E-state index contributed by atoms with van der Waals surface area (Å²) in [5.41, 5.74) is -1.13. The van der Waals surface area contributed by atoms with E-state index in [1.165, 1.54) is 0 Å². The second kappa shape index (κ2) is 7.47. The predicted molar refractivity (Wildman–Crippen MR) is 75.6 cm³/mol. The van der Waals surface area contributed by atoms with Crippen LogP contribution in [0.3, 0.4) is 0 Å². The Labute approximate surface area is 120 Å². The number of aliphatic carboxylic acids is 1. The van der Waals surface area contributed by atoms with Crippen LogP contribution in [0.1, 0.15) is 46.5 Å². The fourth-order valence-corrected chi connectivity index (χ4v) is 2.73. The van der Waals surface area contributed by atoms with Crippen LogP contribution >= 0.6 is 0 Å². The van der Waals surface area contributed by atoms with E-state index in [1.807, 2.05) is 20.8 Å². The van der Waals surface area contributed by atoms with Crippen LogP contribution in [0.2, 0.25) is 0 Å². The summed E-state index contributed by atoms with van der Waals surface area (Å²) in [7, 11) is 0. The molecule has 0 radical (unpaired) electrons. The Morgan fingerprint density at radius 1 is 1.50 bits per heavy atom. The first kappa shape index (κ1) is 16.8. The molecule has 0 spiro atoms. The SMILES string of the molecule is CCOCC(C)NC(=O)NC1(C(=O)O)CCCC(C)C1. The van der Waals surface area contributed by atoms with Gasteiger partial charge in [0.25, 0.3) is 0 Å². The lowest BCUT2D eigenvalue weighted by Gasteiger charge is -2.37. The predicted octanol–water partition coefficient (Wildman–Crippen LogP) is 1.74. The van der Waals surface area contributed by atoms with E-state index in [0.717, 1.165) is 12.8 Å². The maximum atomic E-state index is 12.0. The first-order chi connectivity index (χ1) is 9.39. The maximum Gasteiger partial charge on any atom is 0.329 e. The first-order valence-corrected chi connectivity index (χ1v) is 7.29. The summed E-state index contributed by atoms with van der Waals surface area (Å²) in [4.78, 5) is 23.5. The topological polar surface area (TPSA) is 87.7 Å². The van der Waals surface area contributed by atoms with Crippen molar-refractivity contribution in [2.24, 2.45) is 5.92 Å². The van der Waals surface area contributed by atoms with Crippen LogP contribution in [0.5, 0.6) is 0 Å². The molecule has 1 aliphatic carbocycles. The van der Waals surface area contributed by atoms with Gasteiger partial charge >= 0.3 is 12.0 Å². The van der Waals surface area contributed by atoms with Crippen molar-refractivity contribution in [2.45, 2.75) is 58.0 Å². The van der Waals surface area contributed by atoms with Gasteiger partial charge < -0.3 is 20.5 Å². The number of carbonyl (C=O) groups is 2. The van der Waals surface area contributed by atoms with Crippen LogP contribution < -0.4 is 10.6 Å². The zero-order valence-electron chi connectivity index (χ0n) is 12.6. The van der Waals surface area contributed by atoms with Gasteiger partial charge in [0.2, 0.25) is 0 Å². The molecule has 3 unspecified atom stereocenters. The summed E-state index contributed by atoms with van der Waals surface area (Å²) in [6, 6.07) is -0.587. The summed E-state index contributed by atoms with van der Waals surface area (Å²) in [5.74, 6) is -0.641. The first-order valence-electron chi connectivity index (χ1n) is 7.29. The molecule has 3 atom stereocenters. The van der Waals surface area contributed by atoms with Gasteiger partial charge in [0, 0.05) is 6.61 Å². The molecule has 1 rings (SSSR count). The van der Waals surface area contributed by atoms with Gasteiger partial charge in [-0.05, 0) is 32.6 Å². The minimum atomic E-state index is -1.13. The number of carboxylic acid groups (broad SMARTS) is 1. The zero-order chi connectivity index (χ0) is 15.2. The largest absolute Gasteiger partial charge is 0.480 e. The van der Waals surface area contributed by atoms with E-state index in [1.54, 1.807) is 0 Å². The quantitative estimate of drug-likeness (QED) is 0.694. The third-order valence-electron chi connectivity index (χ3n) is 3.71. The van der Waals surface area contributed by atoms with Gasteiger partial charge in [-0.1, -0.05) is 19.8 Å². The van der Waals surface area contributed by atoms with Crippen molar-refractivity contribution in [1.82, 2.24) is 10.6 Å². The second-order valence-corrected chi connectivity index (χ2v) is 5.75. The molecule has 1 aliphatic rings. The monoisotopic (exact) mass is 286 g/mol. The van der Waals surface area contributed by atoms with Gasteiger partial charge in [-0.15, -0.1) is 0 Å². The highest BCUT2D eigenvalue weighted by atomic mass is 16.5. The highest BCUT2D eigenvalue weighted by Crippen LogP contribution is 2.32. The Morgan fingerprint density at radius 2 is 2.20 bits per heavy atom. The number of ether oxygens (including phenoxy) is 1. The summed E-state index contributed by atoms with van der Waals surface area (Å²) in [6.45, 7) is 6.74.